The lowest BCUT2D eigenvalue weighted by Gasteiger charge is -2.05. The molecule has 0 radical (unpaired) electrons. The quantitative estimate of drug-likeness (QED) is 0.564. The SMILES string of the molecule is O=c1ccnc(SCC2CCNC2)[nH]1. The van der Waals surface area contributed by atoms with Crippen molar-refractivity contribution in [1.82, 2.24) is 15.3 Å². The molecule has 0 aromatic carbocycles. The number of hydrogen-bond donors (Lipinski definition) is 2. The monoisotopic (exact) mass is 211 g/mol. The van der Waals surface area contributed by atoms with Gasteiger partial charge < -0.3 is 10.3 Å². The number of nitrogens with one attached hydrogen (secondary N) is 2. The Labute approximate surface area is 86.5 Å². The molecule has 4 nitrogen and oxygen atoms in total. The number of nitrogens with zero attached hydrogens (tertiary/aromatic N) is 1. The summed E-state index contributed by atoms with van der Waals surface area (Å²) in [6.07, 6.45) is 2.78. The molecule has 5 heteroatoms. The molecule has 1 saturated heterocycles. The van der Waals surface area contributed by atoms with E-state index >= 15 is 0 Å². The van der Waals surface area contributed by atoms with Crippen LogP contribution in [-0.4, -0.2) is 28.8 Å². The van der Waals surface area contributed by atoms with Gasteiger partial charge >= 0.3 is 0 Å². The lowest BCUT2D eigenvalue weighted by molar-refractivity contribution is 0.661. The summed E-state index contributed by atoms with van der Waals surface area (Å²) in [5.41, 5.74) is -0.0768. The molecular formula is C9H13N3OS. The first-order valence-corrected chi connectivity index (χ1v) is 5.72. The van der Waals surface area contributed by atoms with Gasteiger partial charge in [0.1, 0.15) is 0 Å². The minimum Gasteiger partial charge on any atom is -0.316 e. The molecule has 2 heterocycles. The van der Waals surface area contributed by atoms with E-state index in [0.717, 1.165) is 24.0 Å². The Bertz CT molecular complexity index is 346. The highest BCUT2D eigenvalue weighted by Gasteiger charge is 2.14. The van der Waals surface area contributed by atoms with Crippen molar-refractivity contribution in [3.8, 4) is 0 Å². The van der Waals surface area contributed by atoms with E-state index in [4.69, 9.17) is 0 Å². The summed E-state index contributed by atoms with van der Waals surface area (Å²) in [7, 11) is 0. The van der Waals surface area contributed by atoms with E-state index in [0.29, 0.717) is 5.92 Å². The standard InChI is InChI=1S/C9H13N3OS/c13-8-2-4-11-9(12-8)14-6-7-1-3-10-5-7/h2,4,7,10H,1,3,5-6H2,(H,11,12,13). The van der Waals surface area contributed by atoms with Gasteiger partial charge in [-0.2, -0.15) is 0 Å². The highest BCUT2D eigenvalue weighted by Crippen LogP contribution is 2.18. The summed E-state index contributed by atoms with van der Waals surface area (Å²) >= 11 is 1.63. The van der Waals surface area contributed by atoms with Gasteiger partial charge in [-0.3, -0.25) is 4.79 Å². The van der Waals surface area contributed by atoms with Crippen molar-refractivity contribution >= 4 is 11.8 Å². The van der Waals surface area contributed by atoms with Crippen LogP contribution in [0.4, 0.5) is 0 Å². The molecule has 0 saturated carbocycles. The van der Waals surface area contributed by atoms with Gasteiger partial charge in [-0.25, -0.2) is 4.98 Å². The topological polar surface area (TPSA) is 57.8 Å². The summed E-state index contributed by atoms with van der Waals surface area (Å²) in [6, 6.07) is 1.43. The van der Waals surface area contributed by atoms with Crippen LogP contribution in [0.2, 0.25) is 0 Å². The number of rotatable bonds is 3. The molecule has 76 valence electrons. The Balaban J connectivity index is 1.88. The molecule has 1 aromatic rings. The van der Waals surface area contributed by atoms with Crippen molar-refractivity contribution in [2.75, 3.05) is 18.8 Å². The van der Waals surface area contributed by atoms with Gasteiger partial charge in [-0.15, -0.1) is 0 Å². The Morgan fingerprint density at radius 3 is 3.29 bits per heavy atom. The zero-order chi connectivity index (χ0) is 9.80. The van der Waals surface area contributed by atoms with Crippen LogP contribution in [0.25, 0.3) is 0 Å². The van der Waals surface area contributed by atoms with E-state index in [1.54, 1.807) is 18.0 Å². The molecule has 1 aliphatic heterocycles. The number of thioether (sulfide) groups is 1. The van der Waals surface area contributed by atoms with E-state index in [-0.39, 0.29) is 5.56 Å². The first-order chi connectivity index (χ1) is 6.84. The second-order valence-corrected chi connectivity index (χ2v) is 4.42. The third kappa shape index (κ3) is 2.59. The van der Waals surface area contributed by atoms with Gasteiger partial charge in [-0.1, -0.05) is 11.8 Å². The Kier molecular flexibility index (Phi) is 3.21. The van der Waals surface area contributed by atoms with Crippen LogP contribution in [0.5, 0.6) is 0 Å². The molecule has 0 bridgehead atoms. The zero-order valence-corrected chi connectivity index (χ0v) is 8.64. The third-order valence-electron chi connectivity index (χ3n) is 2.27. The molecule has 0 spiro atoms. The van der Waals surface area contributed by atoms with Crippen LogP contribution < -0.4 is 10.9 Å². The number of aromatic amines is 1. The molecule has 2 N–H and O–H groups in total. The molecular weight excluding hydrogens is 198 g/mol. The molecule has 1 aliphatic rings. The van der Waals surface area contributed by atoms with Crippen LogP contribution in [0.1, 0.15) is 6.42 Å². The fraction of sp³-hybridized carbons (Fsp3) is 0.556. The van der Waals surface area contributed by atoms with Gasteiger partial charge in [0.2, 0.25) is 0 Å². The van der Waals surface area contributed by atoms with E-state index in [9.17, 15) is 4.79 Å². The molecule has 1 aromatic heterocycles. The van der Waals surface area contributed by atoms with Crippen molar-refractivity contribution in [3.05, 3.63) is 22.6 Å². The van der Waals surface area contributed by atoms with E-state index in [1.807, 2.05) is 0 Å². The second-order valence-electron chi connectivity index (χ2n) is 3.41. The Hall–Kier alpha value is -0.810. The molecule has 2 rings (SSSR count). The van der Waals surface area contributed by atoms with Gasteiger partial charge in [-0.05, 0) is 25.4 Å². The van der Waals surface area contributed by atoms with Crippen LogP contribution in [-0.2, 0) is 0 Å². The third-order valence-corrected chi connectivity index (χ3v) is 3.38. The normalized spacial score (nSPS) is 21.3. The van der Waals surface area contributed by atoms with Crippen LogP contribution in [0, 0.1) is 5.92 Å². The maximum absolute atomic E-state index is 11.0. The van der Waals surface area contributed by atoms with Crippen LogP contribution >= 0.6 is 11.8 Å². The minimum atomic E-state index is -0.0768. The smallest absolute Gasteiger partial charge is 0.251 e. The van der Waals surface area contributed by atoms with E-state index < -0.39 is 0 Å². The van der Waals surface area contributed by atoms with Crippen molar-refractivity contribution in [3.63, 3.8) is 0 Å². The van der Waals surface area contributed by atoms with Crippen LogP contribution in [0.15, 0.2) is 22.2 Å². The van der Waals surface area contributed by atoms with E-state index in [1.165, 1.54) is 12.5 Å². The second kappa shape index (κ2) is 4.61. The lowest BCUT2D eigenvalue weighted by Crippen LogP contribution is -2.11. The molecule has 14 heavy (non-hydrogen) atoms. The van der Waals surface area contributed by atoms with Gasteiger partial charge in [0, 0.05) is 18.0 Å². The van der Waals surface area contributed by atoms with Crippen molar-refractivity contribution in [2.45, 2.75) is 11.6 Å². The van der Waals surface area contributed by atoms with Gasteiger partial charge in [0.25, 0.3) is 5.56 Å². The Morgan fingerprint density at radius 2 is 2.57 bits per heavy atom. The first kappa shape index (κ1) is 9.73. The van der Waals surface area contributed by atoms with Crippen molar-refractivity contribution in [2.24, 2.45) is 5.92 Å². The maximum atomic E-state index is 11.0. The van der Waals surface area contributed by atoms with Crippen molar-refractivity contribution < 1.29 is 0 Å². The van der Waals surface area contributed by atoms with Crippen molar-refractivity contribution in [1.29, 1.82) is 0 Å². The molecule has 1 unspecified atom stereocenters. The summed E-state index contributed by atoms with van der Waals surface area (Å²) in [5, 5.41) is 4.04. The first-order valence-electron chi connectivity index (χ1n) is 4.73. The Morgan fingerprint density at radius 1 is 1.64 bits per heavy atom. The van der Waals surface area contributed by atoms with Gasteiger partial charge in [0.05, 0.1) is 0 Å². The summed E-state index contributed by atoms with van der Waals surface area (Å²) in [6.45, 7) is 2.20. The highest BCUT2D eigenvalue weighted by molar-refractivity contribution is 7.99. The number of aromatic nitrogens is 2. The summed E-state index contributed by atoms with van der Waals surface area (Å²) < 4.78 is 0. The fourth-order valence-electron chi connectivity index (χ4n) is 1.48. The largest absolute Gasteiger partial charge is 0.316 e. The summed E-state index contributed by atoms with van der Waals surface area (Å²) in [4.78, 5) is 17.8. The fourth-order valence-corrected chi connectivity index (χ4v) is 2.47. The maximum Gasteiger partial charge on any atom is 0.251 e. The summed E-state index contributed by atoms with van der Waals surface area (Å²) in [5.74, 6) is 1.74. The number of hydrogen-bond acceptors (Lipinski definition) is 4. The minimum absolute atomic E-state index is 0.0768. The molecule has 1 fully saturated rings. The predicted octanol–water partition coefficient (Wildman–Crippen LogP) is 0.471. The average molecular weight is 211 g/mol. The zero-order valence-electron chi connectivity index (χ0n) is 7.82. The highest BCUT2D eigenvalue weighted by atomic mass is 32.2. The predicted molar refractivity (Wildman–Crippen MR) is 56.6 cm³/mol. The molecule has 0 amide bonds. The molecule has 0 aliphatic carbocycles. The van der Waals surface area contributed by atoms with E-state index in [2.05, 4.69) is 15.3 Å². The average Bonchev–Trinajstić information content (AvgIpc) is 2.67. The number of H-pyrrole nitrogens is 1. The lowest BCUT2D eigenvalue weighted by atomic mass is 10.2. The van der Waals surface area contributed by atoms with Gasteiger partial charge in [0.15, 0.2) is 5.16 Å². The van der Waals surface area contributed by atoms with Crippen LogP contribution in [0.3, 0.4) is 0 Å². The molecule has 1 atom stereocenters.